The predicted molar refractivity (Wildman–Crippen MR) is 111 cm³/mol. The molecule has 7 nitrogen and oxygen atoms in total. The van der Waals surface area contributed by atoms with Gasteiger partial charge in [0, 0.05) is 37.3 Å². The SMILES string of the molecule is Cc1noc(C)c1-c1ccc2cc(C(=O)N3CCN(S(C)(=O)=O)CC3)ccc2c1. The molecule has 1 aromatic heterocycles. The molecule has 0 radical (unpaired) electrons. The fourth-order valence-electron chi connectivity index (χ4n) is 3.83. The Bertz CT molecular complexity index is 1170. The van der Waals surface area contributed by atoms with Crippen LogP contribution >= 0.6 is 0 Å². The minimum atomic E-state index is -3.21. The highest BCUT2D eigenvalue weighted by atomic mass is 32.2. The molecule has 0 aliphatic carbocycles. The number of aromatic nitrogens is 1. The number of nitrogens with zero attached hydrogens (tertiary/aromatic N) is 3. The van der Waals surface area contributed by atoms with Crippen LogP contribution in [0.15, 0.2) is 40.9 Å². The molecule has 0 spiro atoms. The Morgan fingerprint density at radius 3 is 2.28 bits per heavy atom. The number of carbonyl (C=O) groups excluding carboxylic acids is 1. The molecule has 0 N–H and O–H groups in total. The van der Waals surface area contributed by atoms with E-state index in [1.54, 1.807) is 4.90 Å². The molecule has 1 aliphatic rings. The van der Waals surface area contributed by atoms with E-state index in [0.29, 0.717) is 31.7 Å². The van der Waals surface area contributed by atoms with Crippen molar-refractivity contribution in [3.63, 3.8) is 0 Å². The number of benzene rings is 2. The quantitative estimate of drug-likeness (QED) is 0.659. The third kappa shape index (κ3) is 3.77. The van der Waals surface area contributed by atoms with E-state index >= 15 is 0 Å². The number of amides is 1. The van der Waals surface area contributed by atoms with Crippen molar-refractivity contribution in [1.29, 1.82) is 0 Å². The van der Waals surface area contributed by atoms with Gasteiger partial charge in [-0.3, -0.25) is 4.79 Å². The Hall–Kier alpha value is -2.71. The van der Waals surface area contributed by atoms with Crippen molar-refractivity contribution in [2.75, 3.05) is 32.4 Å². The van der Waals surface area contributed by atoms with Crippen molar-refractivity contribution in [3.05, 3.63) is 53.4 Å². The number of rotatable bonds is 3. The predicted octanol–water partition coefficient (Wildman–Crippen LogP) is 2.83. The molecule has 0 unspecified atom stereocenters. The van der Waals surface area contributed by atoms with Crippen LogP contribution in [-0.2, 0) is 10.0 Å². The van der Waals surface area contributed by atoms with E-state index in [1.165, 1.54) is 10.6 Å². The molecular weight excluding hydrogens is 390 g/mol. The largest absolute Gasteiger partial charge is 0.361 e. The average molecular weight is 413 g/mol. The molecule has 152 valence electrons. The molecule has 1 amide bonds. The topological polar surface area (TPSA) is 83.7 Å². The van der Waals surface area contributed by atoms with Gasteiger partial charge in [-0.2, -0.15) is 4.31 Å². The summed E-state index contributed by atoms with van der Waals surface area (Å²) >= 11 is 0. The van der Waals surface area contributed by atoms with Crippen LogP contribution in [0.3, 0.4) is 0 Å². The van der Waals surface area contributed by atoms with E-state index in [4.69, 9.17) is 4.52 Å². The van der Waals surface area contributed by atoms with Gasteiger partial charge in [-0.1, -0.05) is 23.4 Å². The zero-order chi connectivity index (χ0) is 20.8. The van der Waals surface area contributed by atoms with Gasteiger partial charge in [0.25, 0.3) is 5.91 Å². The summed E-state index contributed by atoms with van der Waals surface area (Å²) in [7, 11) is -3.21. The zero-order valence-corrected chi connectivity index (χ0v) is 17.5. The maximum absolute atomic E-state index is 12.9. The Morgan fingerprint density at radius 2 is 1.66 bits per heavy atom. The number of sulfonamides is 1. The molecule has 2 aromatic carbocycles. The second-order valence-electron chi connectivity index (χ2n) is 7.43. The average Bonchev–Trinajstić information content (AvgIpc) is 3.04. The van der Waals surface area contributed by atoms with Crippen LogP contribution < -0.4 is 0 Å². The third-order valence-corrected chi connectivity index (χ3v) is 6.71. The van der Waals surface area contributed by atoms with Crippen LogP contribution in [0.1, 0.15) is 21.8 Å². The molecule has 0 bridgehead atoms. The van der Waals surface area contributed by atoms with Crippen molar-refractivity contribution in [3.8, 4) is 11.1 Å². The van der Waals surface area contributed by atoms with Crippen molar-refractivity contribution in [1.82, 2.24) is 14.4 Å². The number of fused-ring (bicyclic) bond motifs is 1. The fraction of sp³-hybridized carbons (Fsp3) is 0.333. The number of carbonyl (C=O) groups is 1. The van der Waals surface area contributed by atoms with Gasteiger partial charge in [0.05, 0.1) is 11.9 Å². The molecule has 8 heteroatoms. The monoisotopic (exact) mass is 413 g/mol. The van der Waals surface area contributed by atoms with Crippen molar-refractivity contribution >= 4 is 26.7 Å². The lowest BCUT2D eigenvalue weighted by Crippen LogP contribution is -2.50. The van der Waals surface area contributed by atoms with Gasteiger partial charge in [0.1, 0.15) is 5.76 Å². The zero-order valence-electron chi connectivity index (χ0n) is 16.7. The first kappa shape index (κ1) is 19.6. The van der Waals surface area contributed by atoms with Crippen molar-refractivity contribution < 1.29 is 17.7 Å². The first-order valence-corrected chi connectivity index (χ1v) is 11.3. The number of aryl methyl sites for hydroxylation is 2. The van der Waals surface area contributed by atoms with Crippen molar-refractivity contribution in [2.45, 2.75) is 13.8 Å². The Morgan fingerprint density at radius 1 is 1.00 bits per heavy atom. The van der Waals surface area contributed by atoms with E-state index in [9.17, 15) is 13.2 Å². The fourth-order valence-corrected chi connectivity index (χ4v) is 4.66. The van der Waals surface area contributed by atoms with Crippen LogP contribution in [0.2, 0.25) is 0 Å². The maximum Gasteiger partial charge on any atom is 0.253 e. The van der Waals surface area contributed by atoms with Crippen LogP contribution in [0.5, 0.6) is 0 Å². The van der Waals surface area contributed by atoms with Crippen LogP contribution in [-0.4, -0.2) is 61.1 Å². The highest BCUT2D eigenvalue weighted by Crippen LogP contribution is 2.30. The highest BCUT2D eigenvalue weighted by Gasteiger charge is 2.26. The molecule has 2 heterocycles. The van der Waals surface area contributed by atoms with Crippen LogP contribution in [0.4, 0.5) is 0 Å². The summed E-state index contributed by atoms with van der Waals surface area (Å²) in [5, 5.41) is 6.02. The van der Waals surface area contributed by atoms with Gasteiger partial charge in [-0.05, 0) is 48.4 Å². The second kappa shape index (κ2) is 7.27. The normalized spacial score (nSPS) is 15.8. The molecule has 3 aromatic rings. The molecule has 1 saturated heterocycles. The van der Waals surface area contributed by atoms with Gasteiger partial charge in [-0.25, -0.2) is 8.42 Å². The summed E-state index contributed by atoms with van der Waals surface area (Å²) in [6.07, 6.45) is 1.20. The third-order valence-electron chi connectivity index (χ3n) is 5.40. The van der Waals surface area contributed by atoms with Gasteiger partial charge in [-0.15, -0.1) is 0 Å². The lowest BCUT2D eigenvalue weighted by atomic mass is 9.99. The first-order chi connectivity index (χ1) is 13.7. The summed E-state index contributed by atoms with van der Waals surface area (Å²) in [5.74, 6) is 0.705. The summed E-state index contributed by atoms with van der Waals surface area (Å²) in [5.41, 5.74) is 3.48. The van der Waals surface area contributed by atoms with Crippen LogP contribution in [0.25, 0.3) is 21.9 Å². The van der Waals surface area contributed by atoms with Gasteiger partial charge in [0.15, 0.2) is 0 Å². The first-order valence-electron chi connectivity index (χ1n) is 9.45. The van der Waals surface area contributed by atoms with E-state index in [-0.39, 0.29) is 5.91 Å². The lowest BCUT2D eigenvalue weighted by molar-refractivity contribution is 0.0698. The Kier molecular flexibility index (Phi) is 4.92. The smallest absolute Gasteiger partial charge is 0.253 e. The minimum Gasteiger partial charge on any atom is -0.361 e. The summed E-state index contributed by atoms with van der Waals surface area (Å²) in [4.78, 5) is 14.6. The molecule has 1 aliphatic heterocycles. The van der Waals surface area contributed by atoms with Gasteiger partial charge in [0.2, 0.25) is 10.0 Å². The molecule has 1 fully saturated rings. The summed E-state index contributed by atoms with van der Waals surface area (Å²) < 4.78 is 30.0. The molecular formula is C21H23N3O4S. The standard InChI is InChI=1S/C21H23N3O4S/c1-14-20(15(2)28-22-14)18-6-4-17-13-19(7-5-16(17)12-18)21(25)23-8-10-24(11-9-23)29(3,26)27/h4-7,12-13H,8-11H2,1-3H3. The Balaban J connectivity index is 1.57. The lowest BCUT2D eigenvalue weighted by Gasteiger charge is -2.33. The molecule has 4 rings (SSSR count). The number of hydrogen-bond acceptors (Lipinski definition) is 5. The highest BCUT2D eigenvalue weighted by molar-refractivity contribution is 7.88. The summed E-state index contributed by atoms with van der Waals surface area (Å²) in [6.45, 7) is 5.27. The Labute approximate surface area is 169 Å². The second-order valence-corrected chi connectivity index (χ2v) is 9.41. The van der Waals surface area contributed by atoms with Gasteiger partial charge < -0.3 is 9.42 Å². The van der Waals surface area contributed by atoms with E-state index in [1.807, 2.05) is 44.2 Å². The minimum absolute atomic E-state index is 0.0742. The molecule has 0 saturated carbocycles. The molecule has 29 heavy (non-hydrogen) atoms. The van der Waals surface area contributed by atoms with Crippen molar-refractivity contribution in [2.24, 2.45) is 0 Å². The van der Waals surface area contributed by atoms with E-state index in [2.05, 4.69) is 11.2 Å². The number of hydrogen-bond donors (Lipinski definition) is 0. The molecule has 0 atom stereocenters. The van der Waals surface area contributed by atoms with Crippen LogP contribution in [0, 0.1) is 13.8 Å². The maximum atomic E-state index is 12.9. The number of piperazine rings is 1. The van der Waals surface area contributed by atoms with Gasteiger partial charge >= 0.3 is 0 Å². The summed E-state index contributed by atoms with van der Waals surface area (Å²) in [6, 6.07) is 11.7. The van der Waals surface area contributed by atoms with E-state index < -0.39 is 10.0 Å². The van der Waals surface area contributed by atoms with E-state index in [0.717, 1.165) is 33.4 Å².